The van der Waals surface area contributed by atoms with E-state index in [9.17, 15) is 4.39 Å². The first kappa shape index (κ1) is 13.5. The fourth-order valence-electron chi connectivity index (χ4n) is 1.85. The summed E-state index contributed by atoms with van der Waals surface area (Å²) in [6.45, 7) is 4.48. The second-order valence-electron chi connectivity index (χ2n) is 4.46. The third-order valence-corrected chi connectivity index (χ3v) is 2.95. The van der Waals surface area contributed by atoms with Crippen molar-refractivity contribution in [1.29, 1.82) is 0 Å². The van der Waals surface area contributed by atoms with Crippen molar-refractivity contribution in [2.24, 2.45) is 5.73 Å². The lowest BCUT2D eigenvalue weighted by Gasteiger charge is -2.12. The SMILES string of the molecule is Cc1ccc(OCc2ccc(F)cc2C)c(CN)n1. The van der Waals surface area contributed by atoms with Gasteiger partial charge in [0.2, 0.25) is 0 Å². The van der Waals surface area contributed by atoms with Gasteiger partial charge in [-0.3, -0.25) is 4.98 Å². The van der Waals surface area contributed by atoms with E-state index in [1.54, 1.807) is 6.07 Å². The van der Waals surface area contributed by atoms with Crippen LogP contribution < -0.4 is 10.5 Å². The summed E-state index contributed by atoms with van der Waals surface area (Å²) < 4.78 is 18.7. The van der Waals surface area contributed by atoms with E-state index in [4.69, 9.17) is 10.5 Å². The highest BCUT2D eigenvalue weighted by Crippen LogP contribution is 2.19. The van der Waals surface area contributed by atoms with Gasteiger partial charge in [0.05, 0.1) is 5.69 Å². The minimum atomic E-state index is -0.235. The Morgan fingerprint density at radius 3 is 2.68 bits per heavy atom. The number of rotatable bonds is 4. The average molecular weight is 260 g/mol. The largest absolute Gasteiger partial charge is 0.487 e. The minimum absolute atomic E-state index is 0.235. The number of benzene rings is 1. The Morgan fingerprint density at radius 1 is 1.21 bits per heavy atom. The van der Waals surface area contributed by atoms with Crippen LogP contribution in [-0.2, 0) is 13.2 Å². The van der Waals surface area contributed by atoms with Gasteiger partial charge in [0.25, 0.3) is 0 Å². The van der Waals surface area contributed by atoms with Gasteiger partial charge in [0.15, 0.2) is 0 Å². The first-order valence-corrected chi connectivity index (χ1v) is 6.14. The van der Waals surface area contributed by atoms with Crippen molar-refractivity contribution in [2.75, 3.05) is 0 Å². The molecule has 4 heteroatoms. The zero-order valence-corrected chi connectivity index (χ0v) is 11.1. The molecule has 0 unspecified atom stereocenters. The fourth-order valence-corrected chi connectivity index (χ4v) is 1.85. The standard InChI is InChI=1S/C15H17FN2O/c1-10-7-13(16)5-4-12(10)9-19-15-6-3-11(2)18-14(15)8-17/h3-7H,8-9,17H2,1-2H3. The number of aryl methyl sites for hydroxylation is 2. The summed E-state index contributed by atoms with van der Waals surface area (Å²) in [5.41, 5.74) is 9.11. The lowest BCUT2D eigenvalue weighted by atomic mass is 10.1. The maximum Gasteiger partial charge on any atom is 0.142 e. The molecule has 1 aromatic carbocycles. The van der Waals surface area contributed by atoms with Crippen LogP contribution in [0, 0.1) is 19.7 Å². The molecule has 0 radical (unpaired) electrons. The molecule has 19 heavy (non-hydrogen) atoms. The number of nitrogens with two attached hydrogens (primary N) is 1. The third-order valence-electron chi connectivity index (χ3n) is 2.95. The molecule has 0 amide bonds. The molecule has 0 saturated carbocycles. The van der Waals surface area contributed by atoms with Gasteiger partial charge in [0.1, 0.15) is 18.2 Å². The van der Waals surface area contributed by atoms with Crippen LogP contribution in [0.1, 0.15) is 22.5 Å². The van der Waals surface area contributed by atoms with Crippen LogP contribution in [0.5, 0.6) is 5.75 Å². The topological polar surface area (TPSA) is 48.1 Å². The monoisotopic (exact) mass is 260 g/mol. The zero-order valence-electron chi connectivity index (χ0n) is 11.1. The van der Waals surface area contributed by atoms with Crippen molar-refractivity contribution >= 4 is 0 Å². The zero-order chi connectivity index (χ0) is 13.8. The first-order valence-electron chi connectivity index (χ1n) is 6.14. The summed E-state index contributed by atoms with van der Waals surface area (Å²) in [7, 11) is 0. The molecule has 2 N–H and O–H groups in total. The molecule has 0 bridgehead atoms. The van der Waals surface area contributed by atoms with Crippen molar-refractivity contribution < 1.29 is 9.13 Å². The van der Waals surface area contributed by atoms with E-state index in [1.807, 2.05) is 26.0 Å². The number of hydrogen-bond donors (Lipinski definition) is 1. The molecule has 0 fully saturated rings. The third kappa shape index (κ3) is 3.29. The summed E-state index contributed by atoms with van der Waals surface area (Å²) in [6, 6.07) is 8.41. The van der Waals surface area contributed by atoms with Gasteiger partial charge in [-0.1, -0.05) is 6.07 Å². The maximum absolute atomic E-state index is 13.0. The molecule has 0 atom stereocenters. The fraction of sp³-hybridized carbons (Fsp3) is 0.267. The second-order valence-corrected chi connectivity index (χ2v) is 4.46. The van der Waals surface area contributed by atoms with Crippen LogP contribution in [0.3, 0.4) is 0 Å². The number of pyridine rings is 1. The smallest absolute Gasteiger partial charge is 0.142 e. The van der Waals surface area contributed by atoms with Gasteiger partial charge >= 0.3 is 0 Å². The van der Waals surface area contributed by atoms with Gasteiger partial charge in [-0.2, -0.15) is 0 Å². The van der Waals surface area contributed by atoms with Crippen LogP contribution in [0.2, 0.25) is 0 Å². The Hall–Kier alpha value is -1.94. The van der Waals surface area contributed by atoms with E-state index in [-0.39, 0.29) is 5.82 Å². The van der Waals surface area contributed by atoms with Crippen molar-refractivity contribution in [3.63, 3.8) is 0 Å². The normalized spacial score (nSPS) is 10.5. The number of nitrogens with zero attached hydrogens (tertiary/aromatic N) is 1. The second kappa shape index (κ2) is 5.80. The average Bonchev–Trinajstić information content (AvgIpc) is 2.39. The summed E-state index contributed by atoms with van der Waals surface area (Å²) >= 11 is 0. The number of ether oxygens (including phenoxy) is 1. The van der Waals surface area contributed by atoms with E-state index in [1.165, 1.54) is 12.1 Å². The molecule has 0 saturated heterocycles. The molecular formula is C15H17FN2O. The van der Waals surface area contributed by atoms with Crippen LogP contribution in [0.4, 0.5) is 4.39 Å². The molecule has 0 aliphatic carbocycles. The molecule has 0 aliphatic heterocycles. The molecule has 2 aromatic rings. The van der Waals surface area contributed by atoms with Crippen molar-refractivity contribution in [1.82, 2.24) is 4.98 Å². The Balaban J connectivity index is 2.14. The highest BCUT2D eigenvalue weighted by atomic mass is 19.1. The highest BCUT2D eigenvalue weighted by molar-refractivity contribution is 5.31. The van der Waals surface area contributed by atoms with Crippen molar-refractivity contribution in [3.8, 4) is 5.75 Å². The molecule has 3 nitrogen and oxygen atoms in total. The van der Waals surface area contributed by atoms with Crippen LogP contribution in [0.25, 0.3) is 0 Å². The number of hydrogen-bond acceptors (Lipinski definition) is 3. The Bertz CT molecular complexity index is 584. The van der Waals surface area contributed by atoms with Crippen LogP contribution >= 0.6 is 0 Å². The summed E-state index contributed by atoms with van der Waals surface area (Å²) in [4.78, 5) is 4.33. The predicted octanol–water partition coefficient (Wildman–Crippen LogP) is 2.88. The van der Waals surface area contributed by atoms with Gasteiger partial charge < -0.3 is 10.5 Å². The highest BCUT2D eigenvalue weighted by Gasteiger charge is 2.06. The Kier molecular flexibility index (Phi) is 4.12. The van der Waals surface area contributed by atoms with Crippen molar-refractivity contribution in [3.05, 3.63) is 58.7 Å². The maximum atomic E-state index is 13.0. The molecule has 0 spiro atoms. The molecule has 0 aliphatic rings. The minimum Gasteiger partial charge on any atom is -0.487 e. The predicted molar refractivity (Wildman–Crippen MR) is 72.3 cm³/mol. The van der Waals surface area contributed by atoms with E-state index in [0.29, 0.717) is 18.9 Å². The number of aromatic nitrogens is 1. The van der Waals surface area contributed by atoms with Gasteiger partial charge in [-0.15, -0.1) is 0 Å². The van der Waals surface area contributed by atoms with Gasteiger partial charge in [-0.05, 0) is 49.2 Å². The summed E-state index contributed by atoms with van der Waals surface area (Å²) in [5.74, 6) is 0.442. The van der Waals surface area contributed by atoms with Gasteiger partial charge in [0, 0.05) is 12.2 Å². The quantitative estimate of drug-likeness (QED) is 0.919. The molecule has 100 valence electrons. The molecular weight excluding hydrogens is 243 g/mol. The summed E-state index contributed by atoms with van der Waals surface area (Å²) in [5, 5.41) is 0. The van der Waals surface area contributed by atoms with Crippen LogP contribution in [0.15, 0.2) is 30.3 Å². The van der Waals surface area contributed by atoms with Crippen LogP contribution in [-0.4, -0.2) is 4.98 Å². The first-order chi connectivity index (χ1) is 9.10. The molecule has 1 aromatic heterocycles. The number of halogens is 1. The lowest BCUT2D eigenvalue weighted by Crippen LogP contribution is -2.06. The van der Waals surface area contributed by atoms with Crippen molar-refractivity contribution in [2.45, 2.75) is 27.0 Å². The van der Waals surface area contributed by atoms with E-state index >= 15 is 0 Å². The lowest BCUT2D eigenvalue weighted by molar-refractivity contribution is 0.300. The van der Waals surface area contributed by atoms with E-state index in [2.05, 4.69) is 4.98 Å². The Morgan fingerprint density at radius 2 is 2.00 bits per heavy atom. The molecule has 2 rings (SSSR count). The van der Waals surface area contributed by atoms with Gasteiger partial charge in [-0.25, -0.2) is 4.39 Å². The van der Waals surface area contributed by atoms with E-state index in [0.717, 1.165) is 22.5 Å². The summed E-state index contributed by atoms with van der Waals surface area (Å²) in [6.07, 6.45) is 0. The Labute approximate surface area is 112 Å². The molecule has 1 heterocycles. The van der Waals surface area contributed by atoms with E-state index < -0.39 is 0 Å².